The zero-order valence-electron chi connectivity index (χ0n) is 12.8. The first kappa shape index (κ1) is 15.2. The first-order chi connectivity index (χ1) is 10.7. The van der Waals surface area contributed by atoms with Gasteiger partial charge in [-0.1, -0.05) is 18.6 Å². The minimum absolute atomic E-state index is 0.173. The van der Waals surface area contributed by atoms with Crippen LogP contribution in [0.4, 0.5) is 10.5 Å². The van der Waals surface area contributed by atoms with Gasteiger partial charge in [0.25, 0.3) is 0 Å². The van der Waals surface area contributed by atoms with Gasteiger partial charge in [0.1, 0.15) is 5.75 Å². The van der Waals surface area contributed by atoms with Crippen molar-refractivity contribution in [3.05, 3.63) is 24.3 Å². The van der Waals surface area contributed by atoms with Gasteiger partial charge in [-0.05, 0) is 43.7 Å². The molecule has 2 aliphatic rings. The number of carbonyl (C=O) groups is 1. The molecule has 0 aromatic heterocycles. The topological polar surface area (TPSA) is 70.6 Å². The second kappa shape index (κ2) is 7.01. The van der Waals surface area contributed by atoms with Crippen LogP contribution in [0.5, 0.6) is 5.75 Å². The van der Waals surface area contributed by atoms with Crippen LogP contribution in [-0.2, 0) is 0 Å². The normalized spacial score (nSPS) is 24.0. The molecule has 2 atom stereocenters. The van der Waals surface area contributed by atoms with Crippen molar-refractivity contribution in [2.24, 2.45) is 11.8 Å². The number of para-hydroxylation sites is 2. The number of rotatable bonds is 6. The Labute approximate surface area is 131 Å². The Morgan fingerprint density at radius 3 is 2.77 bits per heavy atom. The summed E-state index contributed by atoms with van der Waals surface area (Å²) in [4.78, 5) is 12.0. The molecule has 1 aromatic carbocycles. The van der Waals surface area contributed by atoms with Gasteiger partial charge in [-0.2, -0.15) is 0 Å². The summed E-state index contributed by atoms with van der Waals surface area (Å²) in [6, 6.07) is 7.24. The van der Waals surface area contributed by atoms with Gasteiger partial charge in [-0.25, -0.2) is 4.79 Å². The van der Waals surface area contributed by atoms with Crippen molar-refractivity contribution in [3.8, 4) is 5.75 Å². The molecule has 1 aromatic rings. The summed E-state index contributed by atoms with van der Waals surface area (Å²) in [6.45, 7) is 1.23. The number of hydrogen-bond donors (Lipinski definition) is 3. The number of aliphatic hydroxyl groups is 1. The molecule has 0 aliphatic heterocycles. The van der Waals surface area contributed by atoms with Crippen molar-refractivity contribution in [3.63, 3.8) is 0 Å². The summed E-state index contributed by atoms with van der Waals surface area (Å²) >= 11 is 0. The number of amides is 2. The molecule has 120 valence electrons. The molecule has 0 spiro atoms. The van der Waals surface area contributed by atoms with Crippen molar-refractivity contribution in [1.29, 1.82) is 0 Å². The monoisotopic (exact) mass is 304 g/mol. The molecule has 0 unspecified atom stereocenters. The van der Waals surface area contributed by atoms with E-state index in [1.165, 1.54) is 12.8 Å². The van der Waals surface area contributed by atoms with Crippen LogP contribution < -0.4 is 15.4 Å². The van der Waals surface area contributed by atoms with Gasteiger partial charge in [0.2, 0.25) is 0 Å². The van der Waals surface area contributed by atoms with Crippen LogP contribution in [0.1, 0.15) is 32.1 Å². The van der Waals surface area contributed by atoms with E-state index < -0.39 is 0 Å². The van der Waals surface area contributed by atoms with Gasteiger partial charge in [0.15, 0.2) is 0 Å². The van der Waals surface area contributed by atoms with E-state index in [-0.39, 0.29) is 18.1 Å². The fourth-order valence-corrected chi connectivity index (χ4v) is 2.83. The molecule has 3 N–H and O–H groups in total. The average Bonchev–Trinajstić information content (AvgIpc) is 3.26. The highest BCUT2D eigenvalue weighted by molar-refractivity contribution is 5.90. The highest BCUT2D eigenvalue weighted by Crippen LogP contribution is 2.31. The lowest BCUT2D eigenvalue weighted by Crippen LogP contribution is -2.35. The molecule has 0 saturated heterocycles. The molecule has 2 saturated carbocycles. The van der Waals surface area contributed by atoms with Crippen LogP contribution in [-0.4, -0.2) is 30.4 Å². The van der Waals surface area contributed by atoms with E-state index >= 15 is 0 Å². The second-order valence-electron chi connectivity index (χ2n) is 6.34. The minimum atomic E-state index is -0.283. The number of nitrogens with one attached hydrogen (secondary N) is 2. The van der Waals surface area contributed by atoms with E-state index in [4.69, 9.17) is 4.74 Å². The molecule has 22 heavy (non-hydrogen) atoms. The van der Waals surface area contributed by atoms with Gasteiger partial charge in [0.05, 0.1) is 18.4 Å². The van der Waals surface area contributed by atoms with Gasteiger partial charge in [-0.15, -0.1) is 0 Å². The number of anilines is 1. The van der Waals surface area contributed by atoms with Gasteiger partial charge in [-0.3, -0.25) is 0 Å². The standard InChI is InChI=1S/C17H24N2O3/c20-15-6-3-4-13(15)10-18-17(21)19-14-5-1-2-7-16(14)22-11-12-8-9-12/h1-2,5,7,12-13,15,20H,3-4,6,8-11H2,(H2,18,19,21)/t13-,15+/m0/s1. The summed E-state index contributed by atoms with van der Waals surface area (Å²) in [6.07, 6.45) is 5.04. The molecule has 0 bridgehead atoms. The Kier molecular flexibility index (Phi) is 4.83. The molecular weight excluding hydrogens is 280 g/mol. The van der Waals surface area contributed by atoms with E-state index in [1.807, 2.05) is 24.3 Å². The molecule has 0 heterocycles. The third-order valence-corrected chi connectivity index (χ3v) is 4.45. The number of aliphatic hydroxyl groups excluding tert-OH is 1. The molecule has 5 heteroatoms. The van der Waals surface area contributed by atoms with Gasteiger partial charge < -0.3 is 20.5 Å². The number of carbonyl (C=O) groups excluding carboxylic acids is 1. The van der Waals surface area contributed by atoms with Crippen LogP contribution in [0.2, 0.25) is 0 Å². The lowest BCUT2D eigenvalue weighted by Gasteiger charge is -2.16. The fourth-order valence-electron chi connectivity index (χ4n) is 2.83. The van der Waals surface area contributed by atoms with Crippen LogP contribution in [0.15, 0.2) is 24.3 Å². The SMILES string of the molecule is O=C(NC[C@@H]1CCC[C@H]1O)Nc1ccccc1OCC1CC1. The Bertz CT molecular complexity index is 516. The van der Waals surface area contributed by atoms with Crippen molar-refractivity contribution < 1.29 is 14.6 Å². The van der Waals surface area contributed by atoms with Crippen molar-refractivity contribution in [2.45, 2.75) is 38.2 Å². The number of urea groups is 1. The third-order valence-electron chi connectivity index (χ3n) is 4.45. The minimum Gasteiger partial charge on any atom is -0.491 e. The molecule has 2 aliphatic carbocycles. The fraction of sp³-hybridized carbons (Fsp3) is 0.588. The number of hydrogen-bond acceptors (Lipinski definition) is 3. The lowest BCUT2D eigenvalue weighted by atomic mass is 10.1. The zero-order chi connectivity index (χ0) is 15.4. The Balaban J connectivity index is 1.49. The van der Waals surface area contributed by atoms with E-state index in [2.05, 4.69) is 10.6 Å². The van der Waals surface area contributed by atoms with Crippen molar-refractivity contribution >= 4 is 11.7 Å². The summed E-state index contributed by atoms with van der Waals surface area (Å²) in [7, 11) is 0. The molecule has 5 nitrogen and oxygen atoms in total. The third kappa shape index (κ3) is 4.13. The molecule has 2 amide bonds. The highest BCUT2D eigenvalue weighted by Gasteiger charge is 2.25. The number of ether oxygens (including phenoxy) is 1. The Morgan fingerprint density at radius 1 is 1.23 bits per heavy atom. The predicted molar refractivity (Wildman–Crippen MR) is 85.0 cm³/mol. The van der Waals surface area contributed by atoms with E-state index in [0.717, 1.165) is 19.3 Å². The highest BCUT2D eigenvalue weighted by atomic mass is 16.5. The quantitative estimate of drug-likeness (QED) is 0.757. The maximum atomic E-state index is 12.0. The number of benzene rings is 1. The zero-order valence-corrected chi connectivity index (χ0v) is 12.8. The second-order valence-corrected chi connectivity index (χ2v) is 6.34. The largest absolute Gasteiger partial charge is 0.491 e. The van der Waals surface area contributed by atoms with Crippen molar-refractivity contribution in [1.82, 2.24) is 5.32 Å². The summed E-state index contributed by atoms with van der Waals surface area (Å²) in [5.41, 5.74) is 0.688. The Hall–Kier alpha value is -1.75. The van der Waals surface area contributed by atoms with Crippen molar-refractivity contribution in [2.75, 3.05) is 18.5 Å². The maximum Gasteiger partial charge on any atom is 0.319 e. The van der Waals surface area contributed by atoms with Gasteiger partial charge >= 0.3 is 6.03 Å². The van der Waals surface area contributed by atoms with Gasteiger partial charge in [0, 0.05) is 12.5 Å². The molecular formula is C17H24N2O3. The first-order valence-corrected chi connectivity index (χ1v) is 8.17. The van der Waals surface area contributed by atoms with E-state index in [0.29, 0.717) is 30.5 Å². The smallest absolute Gasteiger partial charge is 0.319 e. The lowest BCUT2D eigenvalue weighted by molar-refractivity contribution is 0.133. The van der Waals surface area contributed by atoms with E-state index in [9.17, 15) is 9.90 Å². The van der Waals surface area contributed by atoms with E-state index in [1.54, 1.807) is 0 Å². The molecule has 0 radical (unpaired) electrons. The summed E-state index contributed by atoms with van der Waals surface area (Å²) < 4.78 is 5.77. The Morgan fingerprint density at radius 2 is 2.05 bits per heavy atom. The van der Waals surface area contributed by atoms with Crippen LogP contribution in [0, 0.1) is 11.8 Å². The van der Waals surface area contributed by atoms with Crippen LogP contribution in [0.25, 0.3) is 0 Å². The molecule has 3 rings (SSSR count). The molecule has 2 fully saturated rings. The van der Waals surface area contributed by atoms with Crippen LogP contribution >= 0.6 is 0 Å². The maximum absolute atomic E-state index is 12.0. The average molecular weight is 304 g/mol. The summed E-state index contributed by atoms with van der Waals surface area (Å²) in [5, 5.41) is 15.5. The van der Waals surface area contributed by atoms with Crippen LogP contribution in [0.3, 0.4) is 0 Å². The first-order valence-electron chi connectivity index (χ1n) is 8.17. The predicted octanol–water partition coefficient (Wildman–Crippen LogP) is 2.76. The summed E-state index contributed by atoms with van der Waals surface area (Å²) in [5.74, 6) is 1.56.